The highest BCUT2D eigenvalue weighted by Gasteiger charge is 2.22. The summed E-state index contributed by atoms with van der Waals surface area (Å²) in [6.07, 6.45) is 2.52. The van der Waals surface area contributed by atoms with Crippen LogP contribution in [0.15, 0.2) is 34.9 Å². The minimum atomic E-state index is -0.235. The first-order chi connectivity index (χ1) is 13.2. The van der Waals surface area contributed by atoms with Gasteiger partial charge in [0.2, 0.25) is 5.78 Å². The number of nitrogens with zero attached hydrogens (tertiary/aromatic N) is 4. The Bertz CT molecular complexity index is 853. The summed E-state index contributed by atoms with van der Waals surface area (Å²) in [6.45, 7) is 9.43. The van der Waals surface area contributed by atoms with Crippen LogP contribution in [0.4, 0.5) is 11.6 Å². The zero-order chi connectivity index (χ0) is 20.3. The van der Waals surface area contributed by atoms with E-state index in [1.54, 1.807) is 18.3 Å². The smallest absolute Gasteiger partial charge is 0.215 e. The van der Waals surface area contributed by atoms with Crippen molar-refractivity contribution in [3.63, 3.8) is 0 Å². The zero-order valence-electron chi connectivity index (χ0n) is 16.5. The number of carbonyl (C=O) groups is 1. The fourth-order valence-corrected chi connectivity index (χ4v) is 3.43. The maximum absolute atomic E-state index is 12.9. The van der Waals surface area contributed by atoms with Gasteiger partial charge in [-0.25, -0.2) is 9.97 Å². The third-order valence-corrected chi connectivity index (χ3v) is 4.71. The summed E-state index contributed by atoms with van der Waals surface area (Å²) in [5.41, 5.74) is 6.38. The van der Waals surface area contributed by atoms with Crippen LogP contribution in [-0.2, 0) is 4.84 Å². The molecule has 2 N–H and O–H groups in total. The SMILES string of the molecule is CC(C)(C)ON1CCCN(c2cccc(C(=O)c3cc(Br)cnc3N)n2)CC1. The molecular weight excluding hydrogens is 422 g/mol. The monoisotopic (exact) mass is 447 g/mol. The second-order valence-corrected chi connectivity index (χ2v) is 8.69. The first-order valence-corrected chi connectivity index (χ1v) is 10.1. The Kier molecular flexibility index (Phi) is 6.32. The molecule has 1 saturated heterocycles. The second kappa shape index (κ2) is 8.55. The summed E-state index contributed by atoms with van der Waals surface area (Å²) in [7, 11) is 0. The van der Waals surface area contributed by atoms with Crippen LogP contribution in [0, 0.1) is 0 Å². The molecule has 0 atom stereocenters. The van der Waals surface area contributed by atoms with Crippen LogP contribution in [0.3, 0.4) is 0 Å². The van der Waals surface area contributed by atoms with Crippen LogP contribution in [-0.4, -0.2) is 52.6 Å². The summed E-state index contributed by atoms with van der Waals surface area (Å²) in [5, 5.41) is 2.02. The maximum atomic E-state index is 12.9. The van der Waals surface area contributed by atoms with Crippen molar-refractivity contribution in [1.82, 2.24) is 15.0 Å². The van der Waals surface area contributed by atoms with Crippen molar-refractivity contribution in [2.75, 3.05) is 36.8 Å². The van der Waals surface area contributed by atoms with E-state index in [9.17, 15) is 4.79 Å². The Labute approximate surface area is 174 Å². The van der Waals surface area contributed by atoms with Crippen LogP contribution in [0.1, 0.15) is 43.2 Å². The largest absolute Gasteiger partial charge is 0.383 e. The van der Waals surface area contributed by atoms with Gasteiger partial charge in [0.25, 0.3) is 0 Å². The molecule has 2 aromatic heterocycles. The number of hydroxylamine groups is 2. The topological polar surface area (TPSA) is 84.6 Å². The molecular formula is C20H26BrN5O2. The van der Waals surface area contributed by atoms with E-state index in [-0.39, 0.29) is 17.2 Å². The van der Waals surface area contributed by atoms with Gasteiger partial charge in [0, 0.05) is 36.8 Å². The van der Waals surface area contributed by atoms with Gasteiger partial charge in [0.15, 0.2) is 0 Å². The predicted octanol–water partition coefficient (Wildman–Crippen LogP) is 3.29. The molecule has 8 heteroatoms. The lowest BCUT2D eigenvalue weighted by atomic mass is 10.1. The van der Waals surface area contributed by atoms with E-state index < -0.39 is 0 Å². The van der Waals surface area contributed by atoms with Crippen molar-refractivity contribution in [1.29, 1.82) is 0 Å². The molecule has 0 spiro atoms. The summed E-state index contributed by atoms with van der Waals surface area (Å²) in [5.74, 6) is 0.746. The Morgan fingerprint density at radius 3 is 2.75 bits per heavy atom. The van der Waals surface area contributed by atoms with Crippen LogP contribution < -0.4 is 10.6 Å². The Balaban J connectivity index is 1.76. The molecule has 7 nitrogen and oxygen atoms in total. The van der Waals surface area contributed by atoms with Gasteiger partial charge in [-0.05, 0) is 61.3 Å². The molecule has 0 unspecified atom stereocenters. The van der Waals surface area contributed by atoms with E-state index in [4.69, 9.17) is 10.6 Å². The number of hydrogen-bond acceptors (Lipinski definition) is 7. The number of nitrogen functional groups attached to an aromatic ring is 1. The van der Waals surface area contributed by atoms with Gasteiger partial charge in [0.1, 0.15) is 17.3 Å². The van der Waals surface area contributed by atoms with E-state index in [0.717, 1.165) is 38.4 Å². The summed E-state index contributed by atoms with van der Waals surface area (Å²) < 4.78 is 0.702. The fraction of sp³-hybridized carbons (Fsp3) is 0.450. The van der Waals surface area contributed by atoms with Gasteiger partial charge >= 0.3 is 0 Å². The molecule has 2 aromatic rings. The molecule has 28 heavy (non-hydrogen) atoms. The van der Waals surface area contributed by atoms with Crippen molar-refractivity contribution in [3.05, 3.63) is 46.2 Å². The standard InChI is InChI=1S/C20H26BrN5O2/c1-20(2,3)28-26-9-5-8-25(10-11-26)17-7-4-6-16(24-17)18(27)15-12-14(21)13-23-19(15)22/h4,6-7,12-13H,5,8-11H2,1-3H3,(H2,22,23). The molecule has 1 aliphatic heterocycles. The van der Waals surface area contributed by atoms with E-state index in [2.05, 4.69) is 51.6 Å². The van der Waals surface area contributed by atoms with Crippen LogP contribution in [0.5, 0.6) is 0 Å². The molecule has 1 fully saturated rings. The van der Waals surface area contributed by atoms with Gasteiger partial charge in [-0.3, -0.25) is 9.63 Å². The Hall–Kier alpha value is -2.03. The number of anilines is 2. The first kappa shape index (κ1) is 20.7. The van der Waals surface area contributed by atoms with Crippen molar-refractivity contribution in [3.8, 4) is 0 Å². The Morgan fingerprint density at radius 1 is 1.21 bits per heavy atom. The van der Waals surface area contributed by atoms with Crippen molar-refractivity contribution >= 4 is 33.3 Å². The first-order valence-electron chi connectivity index (χ1n) is 9.35. The van der Waals surface area contributed by atoms with Crippen molar-refractivity contribution in [2.24, 2.45) is 0 Å². The maximum Gasteiger partial charge on any atom is 0.215 e. The number of hydrogen-bond donors (Lipinski definition) is 1. The second-order valence-electron chi connectivity index (χ2n) is 7.77. The molecule has 0 saturated carbocycles. The number of pyridine rings is 2. The average molecular weight is 448 g/mol. The summed E-state index contributed by atoms with van der Waals surface area (Å²) in [4.78, 5) is 29.7. The lowest BCUT2D eigenvalue weighted by Gasteiger charge is -2.29. The number of halogens is 1. The number of aromatic nitrogens is 2. The van der Waals surface area contributed by atoms with E-state index >= 15 is 0 Å². The highest BCUT2D eigenvalue weighted by atomic mass is 79.9. The van der Waals surface area contributed by atoms with Gasteiger partial charge in [-0.1, -0.05) is 6.07 Å². The minimum absolute atomic E-state index is 0.199. The van der Waals surface area contributed by atoms with Crippen LogP contribution in [0.25, 0.3) is 0 Å². The Morgan fingerprint density at radius 2 is 2.00 bits per heavy atom. The molecule has 0 aliphatic carbocycles. The summed E-state index contributed by atoms with van der Waals surface area (Å²) in [6, 6.07) is 7.16. The molecule has 0 aromatic carbocycles. The predicted molar refractivity (Wildman–Crippen MR) is 113 cm³/mol. The molecule has 150 valence electrons. The molecule has 0 amide bonds. The van der Waals surface area contributed by atoms with E-state index in [0.29, 0.717) is 15.7 Å². The van der Waals surface area contributed by atoms with Gasteiger partial charge < -0.3 is 10.6 Å². The lowest BCUT2D eigenvalue weighted by Crippen LogP contribution is -2.37. The third kappa shape index (κ3) is 5.27. The van der Waals surface area contributed by atoms with E-state index in [1.807, 2.05) is 17.2 Å². The van der Waals surface area contributed by atoms with E-state index in [1.165, 1.54) is 0 Å². The zero-order valence-corrected chi connectivity index (χ0v) is 18.1. The minimum Gasteiger partial charge on any atom is -0.383 e. The van der Waals surface area contributed by atoms with Gasteiger partial charge in [-0.2, -0.15) is 5.06 Å². The lowest BCUT2D eigenvalue weighted by molar-refractivity contribution is -0.225. The third-order valence-electron chi connectivity index (χ3n) is 4.28. The quantitative estimate of drug-likeness (QED) is 0.719. The molecule has 0 bridgehead atoms. The highest BCUT2D eigenvalue weighted by molar-refractivity contribution is 9.10. The molecule has 1 aliphatic rings. The number of carbonyl (C=O) groups excluding carboxylic acids is 1. The molecule has 3 rings (SSSR count). The average Bonchev–Trinajstić information content (AvgIpc) is 2.87. The fourth-order valence-electron chi connectivity index (χ4n) is 3.10. The molecule has 0 radical (unpaired) electrons. The van der Waals surface area contributed by atoms with Crippen LogP contribution >= 0.6 is 15.9 Å². The normalized spacial score (nSPS) is 16.1. The van der Waals surface area contributed by atoms with Gasteiger partial charge in [-0.15, -0.1) is 0 Å². The van der Waals surface area contributed by atoms with Crippen LogP contribution in [0.2, 0.25) is 0 Å². The number of nitrogens with two attached hydrogens (primary N) is 1. The van der Waals surface area contributed by atoms with Gasteiger partial charge in [0.05, 0.1) is 11.2 Å². The van der Waals surface area contributed by atoms with Crippen molar-refractivity contribution in [2.45, 2.75) is 32.8 Å². The summed E-state index contributed by atoms with van der Waals surface area (Å²) >= 11 is 3.33. The van der Waals surface area contributed by atoms with Crippen molar-refractivity contribution < 1.29 is 9.63 Å². The highest BCUT2D eigenvalue weighted by Crippen LogP contribution is 2.21. The molecule has 3 heterocycles. The number of ketones is 1. The number of rotatable bonds is 4.